The number of hydrogen-bond donors (Lipinski definition) is 2. The van der Waals surface area contributed by atoms with Crippen LogP contribution in [-0.4, -0.2) is 68.7 Å². The first-order valence-corrected chi connectivity index (χ1v) is 9.52. The zero-order valence-corrected chi connectivity index (χ0v) is 17.0. The van der Waals surface area contributed by atoms with Crippen LogP contribution in [-0.2, 0) is 11.3 Å². The van der Waals surface area contributed by atoms with E-state index in [0.29, 0.717) is 24.7 Å². The van der Waals surface area contributed by atoms with E-state index in [1.165, 1.54) is 0 Å². The van der Waals surface area contributed by atoms with Crippen LogP contribution < -0.4 is 14.8 Å². The molecule has 0 heterocycles. The van der Waals surface area contributed by atoms with Crippen molar-refractivity contribution in [3.63, 3.8) is 0 Å². The molecule has 0 aliphatic carbocycles. The van der Waals surface area contributed by atoms with Crippen molar-refractivity contribution in [1.29, 1.82) is 0 Å². The molecular weight excluding hydrogens is 332 g/mol. The molecule has 1 aromatic rings. The highest BCUT2D eigenvalue weighted by molar-refractivity contribution is 5.43. The molecule has 0 spiro atoms. The van der Waals surface area contributed by atoms with E-state index in [0.717, 1.165) is 31.7 Å². The summed E-state index contributed by atoms with van der Waals surface area (Å²) >= 11 is 0. The monoisotopic (exact) mass is 368 g/mol. The van der Waals surface area contributed by atoms with Gasteiger partial charge in [0.1, 0.15) is 12.7 Å². The third-order valence-electron chi connectivity index (χ3n) is 4.08. The second kappa shape index (κ2) is 12.9. The maximum Gasteiger partial charge on any atom is 0.161 e. The lowest BCUT2D eigenvalue weighted by Crippen LogP contribution is -2.35. The molecule has 6 heteroatoms. The summed E-state index contributed by atoms with van der Waals surface area (Å²) in [5.41, 5.74) is 1.11. The quantitative estimate of drug-likeness (QED) is 0.491. The van der Waals surface area contributed by atoms with Gasteiger partial charge >= 0.3 is 0 Å². The summed E-state index contributed by atoms with van der Waals surface area (Å²) in [6.45, 7) is 13.2. The summed E-state index contributed by atoms with van der Waals surface area (Å²) in [6.07, 6.45) is -0.271. The van der Waals surface area contributed by atoms with Gasteiger partial charge in [-0.05, 0) is 44.6 Å². The molecule has 0 aliphatic heterocycles. The molecule has 26 heavy (non-hydrogen) atoms. The van der Waals surface area contributed by atoms with Crippen LogP contribution in [0.5, 0.6) is 11.5 Å². The predicted octanol–water partition coefficient (Wildman–Crippen LogP) is 2.29. The number of hydrogen-bond acceptors (Lipinski definition) is 6. The first-order valence-electron chi connectivity index (χ1n) is 9.52. The van der Waals surface area contributed by atoms with Gasteiger partial charge in [0.15, 0.2) is 11.5 Å². The summed E-state index contributed by atoms with van der Waals surface area (Å²) in [7, 11) is 1.63. The third-order valence-corrected chi connectivity index (χ3v) is 4.08. The van der Waals surface area contributed by atoms with E-state index < -0.39 is 6.10 Å². The normalized spacial score (nSPS) is 12.6. The molecule has 0 saturated carbocycles. The molecule has 6 nitrogen and oxygen atoms in total. The van der Waals surface area contributed by atoms with Crippen molar-refractivity contribution < 1.29 is 19.3 Å². The fourth-order valence-electron chi connectivity index (χ4n) is 2.56. The molecule has 0 saturated heterocycles. The van der Waals surface area contributed by atoms with E-state index >= 15 is 0 Å². The number of likely N-dealkylation sites (N-methyl/N-ethyl adjacent to an activating group) is 1. The SMILES string of the molecule is CCN(CC)CC(O)COc1ccc(CNCCOC(C)C)cc1OC. The fraction of sp³-hybridized carbons (Fsp3) is 0.700. The molecule has 1 atom stereocenters. The van der Waals surface area contributed by atoms with Gasteiger partial charge in [-0.25, -0.2) is 0 Å². The van der Waals surface area contributed by atoms with Gasteiger partial charge in [-0.1, -0.05) is 19.9 Å². The van der Waals surface area contributed by atoms with E-state index in [4.69, 9.17) is 14.2 Å². The largest absolute Gasteiger partial charge is 0.493 e. The standard InChI is InChI=1S/C20H36N2O4/c1-6-22(7-2)14-18(23)15-26-19-9-8-17(12-20(19)24-5)13-21-10-11-25-16(3)4/h8-9,12,16,18,21,23H,6-7,10-11,13-15H2,1-5H3. The average molecular weight is 369 g/mol. The van der Waals surface area contributed by atoms with E-state index in [-0.39, 0.29) is 12.7 Å². The zero-order chi connectivity index (χ0) is 19.4. The van der Waals surface area contributed by atoms with Gasteiger partial charge in [-0.3, -0.25) is 0 Å². The minimum Gasteiger partial charge on any atom is -0.493 e. The van der Waals surface area contributed by atoms with E-state index in [9.17, 15) is 5.11 Å². The van der Waals surface area contributed by atoms with Crippen LogP contribution >= 0.6 is 0 Å². The van der Waals surface area contributed by atoms with E-state index in [1.807, 2.05) is 32.0 Å². The highest BCUT2D eigenvalue weighted by Crippen LogP contribution is 2.28. The molecular formula is C20H36N2O4. The van der Waals surface area contributed by atoms with E-state index in [2.05, 4.69) is 24.1 Å². The average Bonchev–Trinajstić information content (AvgIpc) is 2.64. The van der Waals surface area contributed by atoms with Crippen molar-refractivity contribution in [1.82, 2.24) is 10.2 Å². The smallest absolute Gasteiger partial charge is 0.161 e. The van der Waals surface area contributed by atoms with Crippen LogP contribution in [0.3, 0.4) is 0 Å². The van der Waals surface area contributed by atoms with E-state index in [1.54, 1.807) is 7.11 Å². The minimum atomic E-state index is -0.526. The lowest BCUT2D eigenvalue weighted by Gasteiger charge is -2.22. The van der Waals surface area contributed by atoms with Crippen molar-refractivity contribution >= 4 is 0 Å². The first-order chi connectivity index (χ1) is 12.5. The van der Waals surface area contributed by atoms with Crippen molar-refractivity contribution in [3.05, 3.63) is 23.8 Å². The highest BCUT2D eigenvalue weighted by atomic mass is 16.5. The number of ether oxygens (including phenoxy) is 3. The van der Waals surface area contributed by atoms with Gasteiger partial charge < -0.3 is 29.5 Å². The molecule has 0 fully saturated rings. The molecule has 0 amide bonds. The summed E-state index contributed by atoms with van der Waals surface area (Å²) in [5.74, 6) is 1.33. The fourth-order valence-corrected chi connectivity index (χ4v) is 2.56. The van der Waals surface area contributed by atoms with Crippen molar-refractivity contribution in [2.24, 2.45) is 0 Å². The van der Waals surface area contributed by atoms with Crippen LogP contribution in [0.25, 0.3) is 0 Å². The second-order valence-electron chi connectivity index (χ2n) is 6.53. The van der Waals surface area contributed by atoms with Crippen LogP contribution in [0, 0.1) is 0 Å². The zero-order valence-electron chi connectivity index (χ0n) is 17.0. The Bertz CT molecular complexity index is 493. The van der Waals surface area contributed by atoms with Crippen LogP contribution in [0.1, 0.15) is 33.3 Å². The number of benzene rings is 1. The number of aliphatic hydroxyl groups is 1. The predicted molar refractivity (Wildman–Crippen MR) is 105 cm³/mol. The lowest BCUT2D eigenvalue weighted by molar-refractivity contribution is 0.0705. The Balaban J connectivity index is 2.47. The summed E-state index contributed by atoms with van der Waals surface area (Å²) in [4.78, 5) is 2.17. The molecule has 0 aliphatic rings. The molecule has 0 aromatic heterocycles. The molecule has 150 valence electrons. The van der Waals surface area contributed by atoms with Crippen molar-refractivity contribution in [2.45, 2.75) is 46.4 Å². The molecule has 0 bridgehead atoms. The number of nitrogens with zero attached hydrogens (tertiary/aromatic N) is 1. The summed E-state index contributed by atoms with van der Waals surface area (Å²) in [5, 5.41) is 13.5. The topological polar surface area (TPSA) is 63.2 Å². The van der Waals surface area contributed by atoms with Gasteiger partial charge in [-0.2, -0.15) is 0 Å². The Morgan fingerprint density at radius 1 is 1.15 bits per heavy atom. The van der Waals surface area contributed by atoms with Gasteiger partial charge in [0.25, 0.3) is 0 Å². The Kier molecular flexibility index (Phi) is 11.3. The highest BCUT2D eigenvalue weighted by Gasteiger charge is 2.12. The lowest BCUT2D eigenvalue weighted by atomic mass is 10.2. The number of methoxy groups -OCH3 is 1. The first kappa shape index (κ1) is 22.7. The van der Waals surface area contributed by atoms with Crippen LogP contribution in [0.2, 0.25) is 0 Å². The number of aliphatic hydroxyl groups excluding tert-OH is 1. The second-order valence-corrected chi connectivity index (χ2v) is 6.53. The third kappa shape index (κ3) is 8.85. The maximum atomic E-state index is 10.1. The molecule has 0 radical (unpaired) electrons. The molecule has 1 unspecified atom stereocenters. The number of rotatable bonds is 14. The van der Waals surface area contributed by atoms with Crippen LogP contribution in [0.15, 0.2) is 18.2 Å². The van der Waals surface area contributed by atoms with Gasteiger partial charge in [0.05, 0.1) is 19.8 Å². The van der Waals surface area contributed by atoms with Gasteiger partial charge in [0.2, 0.25) is 0 Å². The Morgan fingerprint density at radius 2 is 1.88 bits per heavy atom. The van der Waals surface area contributed by atoms with Gasteiger partial charge in [-0.15, -0.1) is 0 Å². The number of nitrogens with one attached hydrogen (secondary N) is 1. The summed E-state index contributed by atoms with van der Waals surface area (Å²) in [6, 6.07) is 5.86. The Labute approximate surface area is 158 Å². The molecule has 2 N–H and O–H groups in total. The maximum absolute atomic E-state index is 10.1. The van der Waals surface area contributed by atoms with Crippen molar-refractivity contribution in [3.8, 4) is 11.5 Å². The van der Waals surface area contributed by atoms with Gasteiger partial charge in [0, 0.05) is 19.6 Å². The van der Waals surface area contributed by atoms with Crippen LogP contribution in [0.4, 0.5) is 0 Å². The van der Waals surface area contributed by atoms with Crippen molar-refractivity contribution in [2.75, 3.05) is 46.5 Å². The molecule has 1 aromatic carbocycles. The summed E-state index contributed by atoms with van der Waals surface area (Å²) < 4.78 is 16.7. The minimum absolute atomic E-state index is 0.247. The Hall–Kier alpha value is -1.34. The Morgan fingerprint density at radius 3 is 2.50 bits per heavy atom. The molecule has 1 rings (SSSR count).